The van der Waals surface area contributed by atoms with Crippen molar-refractivity contribution in [3.05, 3.63) is 29.3 Å². The summed E-state index contributed by atoms with van der Waals surface area (Å²) in [7, 11) is 0. The molecule has 0 spiro atoms. The standard InChI is InChI=1S/C12H16ClNO2/c1-8-3-4-11(15)10(7-8)12(16)14-9(2)5-6-13/h3-4,7,9,15H,5-6H2,1-2H3,(H,14,16). The molecule has 1 aromatic rings. The smallest absolute Gasteiger partial charge is 0.255 e. The highest BCUT2D eigenvalue weighted by Crippen LogP contribution is 2.18. The summed E-state index contributed by atoms with van der Waals surface area (Å²) in [5, 5.41) is 12.3. The molecular weight excluding hydrogens is 226 g/mol. The van der Waals surface area contributed by atoms with E-state index in [4.69, 9.17) is 11.6 Å². The van der Waals surface area contributed by atoms with Crippen LogP contribution in [0.3, 0.4) is 0 Å². The van der Waals surface area contributed by atoms with Gasteiger partial charge in [-0.15, -0.1) is 11.6 Å². The van der Waals surface area contributed by atoms with Gasteiger partial charge in [0.2, 0.25) is 0 Å². The third-order valence-corrected chi connectivity index (χ3v) is 2.53. The van der Waals surface area contributed by atoms with E-state index >= 15 is 0 Å². The van der Waals surface area contributed by atoms with Gasteiger partial charge in [0.25, 0.3) is 5.91 Å². The second kappa shape index (κ2) is 5.75. The summed E-state index contributed by atoms with van der Waals surface area (Å²) in [6.45, 7) is 3.76. The van der Waals surface area contributed by atoms with Crippen LogP contribution in [0.1, 0.15) is 29.3 Å². The first-order valence-corrected chi connectivity index (χ1v) is 5.74. The van der Waals surface area contributed by atoms with E-state index in [-0.39, 0.29) is 17.7 Å². The van der Waals surface area contributed by atoms with Gasteiger partial charge in [-0.05, 0) is 32.4 Å². The number of hydrogen-bond donors (Lipinski definition) is 2. The van der Waals surface area contributed by atoms with Crippen LogP contribution in [0.25, 0.3) is 0 Å². The van der Waals surface area contributed by atoms with Gasteiger partial charge in [0.1, 0.15) is 5.75 Å². The average molecular weight is 242 g/mol. The van der Waals surface area contributed by atoms with E-state index in [1.165, 1.54) is 6.07 Å². The maximum absolute atomic E-state index is 11.8. The molecule has 88 valence electrons. The number of alkyl halides is 1. The molecule has 2 N–H and O–H groups in total. The number of carbonyl (C=O) groups excluding carboxylic acids is 1. The molecule has 1 rings (SSSR count). The SMILES string of the molecule is Cc1ccc(O)c(C(=O)NC(C)CCCl)c1. The molecule has 4 heteroatoms. The van der Waals surface area contributed by atoms with Crippen molar-refractivity contribution >= 4 is 17.5 Å². The Labute approximate surface area is 100 Å². The highest BCUT2D eigenvalue weighted by Gasteiger charge is 2.13. The molecule has 0 radical (unpaired) electrons. The van der Waals surface area contributed by atoms with Crippen LogP contribution in [-0.4, -0.2) is 22.9 Å². The Morgan fingerprint density at radius 1 is 1.56 bits per heavy atom. The lowest BCUT2D eigenvalue weighted by Gasteiger charge is -2.13. The Morgan fingerprint density at radius 2 is 2.25 bits per heavy atom. The van der Waals surface area contributed by atoms with E-state index in [1.807, 2.05) is 13.8 Å². The molecule has 1 atom stereocenters. The molecule has 16 heavy (non-hydrogen) atoms. The summed E-state index contributed by atoms with van der Waals surface area (Å²) in [6.07, 6.45) is 0.708. The number of phenolic OH excluding ortho intramolecular Hbond substituents is 1. The van der Waals surface area contributed by atoms with Gasteiger partial charge in [-0.25, -0.2) is 0 Å². The normalized spacial score (nSPS) is 12.2. The van der Waals surface area contributed by atoms with Crippen molar-refractivity contribution in [3.8, 4) is 5.75 Å². The van der Waals surface area contributed by atoms with E-state index in [0.717, 1.165) is 5.56 Å². The first kappa shape index (κ1) is 12.8. The van der Waals surface area contributed by atoms with Crippen LogP contribution in [0, 0.1) is 6.92 Å². The van der Waals surface area contributed by atoms with E-state index in [0.29, 0.717) is 17.9 Å². The molecule has 3 nitrogen and oxygen atoms in total. The number of halogens is 1. The van der Waals surface area contributed by atoms with Gasteiger partial charge >= 0.3 is 0 Å². The molecule has 0 heterocycles. The van der Waals surface area contributed by atoms with Gasteiger partial charge in [-0.3, -0.25) is 4.79 Å². The zero-order chi connectivity index (χ0) is 12.1. The third kappa shape index (κ3) is 3.42. The van der Waals surface area contributed by atoms with E-state index in [2.05, 4.69) is 5.32 Å². The number of aryl methyl sites for hydroxylation is 1. The highest BCUT2D eigenvalue weighted by atomic mass is 35.5. The minimum atomic E-state index is -0.265. The summed E-state index contributed by atoms with van der Waals surface area (Å²) < 4.78 is 0. The maximum Gasteiger partial charge on any atom is 0.255 e. The fraction of sp³-hybridized carbons (Fsp3) is 0.417. The lowest BCUT2D eigenvalue weighted by atomic mass is 10.1. The molecule has 0 saturated heterocycles. The van der Waals surface area contributed by atoms with Gasteiger partial charge < -0.3 is 10.4 Å². The van der Waals surface area contributed by atoms with Gasteiger partial charge in [0.05, 0.1) is 5.56 Å². The Bertz CT molecular complexity index is 379. The van der Waals surface area contributed by atoms with Crippen molar-refractivity contribution in [2.75, 3.05) is 5.88 Å². The van der Waals surface area contributed by atoms with Gasteiger partial charge in [-0.1, -0.05) is 11.6 Å². The Morgan fingerprint density at radius 3 is 2.88 bits per heavy atom. The summed E-state index contributed by atoms with van der Waals surface area (Å²) in [5.41, 5.74) is 1.24. The monoisotopic (exact) mass is 241 g/mol. The lowest BCUT2D eigenvalue weighted by molar-refractivity contribution is 0.0936. The number of phenols is 1. The molecule has 0 fully saturated rings. The van der Waals surface area contributed by atoms with Gasteiger partial charge in [0, 0.05) is 11.9 Å². The second-order valence-corrected chi connectivity index (χ2v) is 4.25. The van der Waals surface area contributed by atoms with Crippen molar-refractivity contribution in [3.63, 3.8) is 0 Å². The zero-order valence-corrected chi connectivity index (χ0v) is 10.2. The Kier molecular flexibility index (Phi) is 4.62. The predicted molar refractivity (Wildman–Crippen MR) is 65.1 cm³/mol. The molecule has 0 bridgehead atoms. The average Bonchev–Trinajstić information content (AvgIpc) is 2.21. The van der Waals surface area contributed by atoms with E-state index < -0.39 is 0 Å². The van der Waals surface area contributed by atoms with Crippen LogP contribution in [-0.2, 0) is 0 Å². The number of rotatable bonds is 4. The molecule has 0 aromatic heterocycles. The molecular formula is C12H16ClNO2. The van der Waals surface area contributed by atoms with Crippen molar-refractivity contribution in [2.45, 2.75) is 26.3 Å². The number of amides is 1. The van der Waals surface area contributed by atoms with Crippen LogP contribution in [0.4, 0.5) is 0 Å². The number of hydrogen-bond acceptors (Lipinski definition) is 2. The van der Waals surface area contributed by atoms with Crippen molar-refractivity contribution < 1.29 is 9.90 Å². The molecule has 1 aromatic carbocycles. The molecule has 1 amide bonds. The highest BCUT2D eigenvalue weighted by molar-refractivity contribution is 6.17. The number of carbonyl (C=O) groups is 1. The van der Waals surface area contributed by atoms with Crippen molar-refractivity contribution in [1.29, 1.82) is 0 Å². The van der Waals surface area contributed by atoms with E-state index in [1.54, 1.807) is 12.1 Å². The van der Waals surface area contributed by atoms with Crippen LogP contribution < -0.4 is 5.32 Å². The van der Waals surface area contributed by atoms with Gasteiger partial charge in [-0.2, -0.15) is 0 Å². The van der Waals surface area contributed by atoms with Crippen LogP contribution in [0.5, 0.6) is 5.75 Å². The number of benzene rings is 1. The fourth-order valence-corrected chi connectivity index (χ4v) is 1.70. The summed E-state index contributed by atoms with van der Waals surface area (Å²) >= 11 is 5.58. The predicted octanol–water partition coefficient (Wildman–Crippen LogP) is 2.45. The first-order chi connectivity index (χ1) is 7.54. The van der Waals surface area contributed by atoms with E-state index in [9.17, 15) is 9.90 Å². The van der Waals surface area contributed by atoms with Crippen molar-refractivity contribution in [2.24, 2.45) is 0 Å². The largest absolute Gasteiger partial charge is 0.507 e. The minimum absolute atomic E-state index is 0.00109. The molecule has 1 unspecified atom stereocenters. The lowest BCUT2D eigenvalue weighted by Crippen LogP contribution is -2.32. The van der Waals surface area contributed by atoms with Crippen molar-refractivity contribution in [1.82, 2.24) is 5.32 Å². The third-order valence-electron chi connectivity index (χ3n) is 2.32. The zero-order valence-electron chi connectivity index (χ0n) is 9.46. The molecule has 0 aliphatic heterocycles. The number of aromatic hydroxyl groups is 1. The summed E-state index contributed by atoms with van der Waals surface area (Å²) in [5.74, 6) is 0.237. The topological polar surface area (TPSA) is 49.3 Å². The fourth-order valence-electron chi connectivity index (χ4n) is 1.37. The molecule has 0 saturated carbocycles. The Balaban J connectivity index is 2.76. The summed E-state index contributed by atoms with van der Waals surface area (Å²) in [6, 6.07) is 4.95. The first-order valence-electron chi connectivity index (χ1n) is 5.21. The second-order valence-electron chi connectivity index (χ2n) is 3.87. The number of nitrogens with one attached hydrogen (secondary N) is 1. The maximum atomic E-state index is 11.8. The molecule has 0 aliphatic carbocycles. The summed E-state index contributed by atoms with van der Waals surface area (Å²) in [4.78, 5) is 11.8. The minimum Gasteiger partial charge on any atom is -0.507 e. The van der Waals surface area contributed by atoms with Crippen LogP contribution in [0.2, 0.25) is 0 Å². The van der Waals surface area contributed by atoms with Crippen LogP contribution in [0.15, 0.2) is 18.2 Å². The van der Waals surface area contributed by atoms with Crippen LogP contribution >= 0.6 is 11.6 Å². The molecule has 0 aliphatic rings. The van der Waals surface area contributed by atoms with Gasteiger partial charge in [0.15, 0.2) is 0 Å². The Hall–Kier alpha value is -1.22. The quantitative estimate of drug-likeness (QED) is 0.796.